The molecule has 0 bridgehead atoms. The molecular weight excluding hydrogens is 460 g/mol. The highest BCUT2D eigenvalue weighted by atomic mass is 16.7. The second-order valence-corrected chi connectivity index (χ2v) is 8.67. The lowest BCUT2D eigenvalue weighted by Gasteiger charge is -2.20. The van der Waals surface area contributed by atoms with E-state index in [0.29, 0.717) is 11.5 Å². The van der Waals surface area contributed by atoms with Crippen LogP contribution in [0.5, 0.6) is 0 Å². The Balaban J connectivity index is 1.24. The van der Waals surface area contributed by atoms with Crippen LogP contribution in [0, 0.1) is 0 Å². The first-order valence-electron chi connectivity index (χ1n) is 11.8. The molecule has 0 saturated carbocycles. The third-order valence-electron chi connectivity index (χ3n) is 6.44. The van der Waals surface area contributed by atoms with Gasteiger partial charge in [-0.25, -0.2) is 9.59 Å². The summed E-state index contributed by atoms with van der Waals surface area (Å²) in [6.45, 7) is 1.92. The molecular formula is C28H24N2O6. The second kappa shape index (κ2) is 9.65. The number of hydrogen-bond donors (Lipinski definition) is 1. The lowest BCUT2D eigenvalue weighted by Crippen LogP contribution is -2.45. The number of hydrogen-bond acceptors (Lipinski definition) is 6. The molecule has 0 saturated heterocycles. The van der Waals surface area contributed by atoms with Crippen molar-refractivity contribution in [3.8, 4) is 11.1 Å². The predicted molar refractivity (Wildman–Crippen MR) is 130 cm³/mol. The first kappa shape index (κ1) is 23.3. The van der Waals surface area contributed by atoms with Gasteiger partial charge in [0, 0.05) is 5.92 Å². The molecule has 8 nitrogen and oxygen atoms in total. The Labute approximate surface area is 207 Å². The van der Waals surface area contributed by atoms with Crippen LogP contribution in [0.1, 0.15) is 57.5 Å². The smallest absolute Gasteiger partial charge is 0.407 e. The fourth-order valence-corrected chi connectivity index (χ4v) is 4.72. The van der Waals surface area contributed by atoms with Gasteiger partial charge in [-0.15, -0.1) is 0 Å². The third kappa shape index (κ3) is 4.11. The Bertz CT molecular complexity index is 1290. The molecule has 1 heterocycles. The number of amides is 3. The Hall–Kier alpha value is -4.46. The van der Waals surface area contributed by atoms with Crippen molar-refractivity contribution in [3.63, 3.8) is 0 Å². The Morgan fingerprint density at radius 3 is 1.86 bits per heavy atom. The quantitative estimate of drug-likeness (QED) is 0.497. The highest BCUT2D eigenvalue weighted by Gasteiger charge is 2.40. The zero-order valence-electron chi connectivity index (χ0n) is 19.6. The van der Waals surface area contributed by atoms with Crippen LogP contribution in [0.3, 0.4) is 0 Å². The molecule has 0 radical (unpaired) electrons. The van der Waals surface area contributed by atoms with E-state index in [-0.39, 0.29) is 30.1 Å². The van der Waals surface area contributed by atoms with Crippen molar-refractivity contribution in [1.82, 2.24) is 10.4 Å². The lowest BCUT2D eigenvalue weighted by molar-refractivity contribution is -0.171. The molecule has 3 aromatic rings. The molecule has 1 unspecified atom stereocenters. The minimum Gasteiger partial charge on any atom is -0.449 e. The van der Waals surface area contributed by atoms with Gasteiger partial charge in [0.1, 0.15) is 12.6 Å². The zero-order chi connectivity index (χ0) is 25.2. The molecule has 2 aliphatic rings. The highest BCUT2D eigenvalue weighted by Crippen LogP contribution is 2.44. The normalized spacial score (nSPS) is 14.6. The standard InChI is InChI=1S/C28H24N2O6/c1-2-9-24(27(33)36-30-25(31)21-14-7-8-15-22(21)26(30)32)29-28(34)35-16-23-19-12-5-3-10-17(19)18-11-4-6-13-20(18)23/h3-8,10-15,23-24H,2,9,16H2,1H3,(H,29,34). The Kier molecular flexibility index (Phi) is 6.25. The molecule has 36 heavy (non-hydrogen) atoms. The van der Waals surface area contributed by atoms with Crippen molar-refractivity contribution >= 4 is 23.9 Å². The molecule has 1 N–H and O–H groups in total. The monoisotopic (exact) mass is 484 g/mol. The van der Waals surface area contributed by atoms with E-state index in [4.69, 9.17) is 9.57 Å². The third-order valence-corrected chi connectivity index (χ3v) is 6.44. The SMILES string of the molecule is CCCC(NC(=O)OCC1c2ccccc2-c2ccccc21)C(=O)ON1C(=O)c2ccccc2C1=O. The minimum absolute atomic E-state index is 0.0894. The maximum absolute atomic E-state index is 12.8. The van der Waals surface area contributed by atoms with Gasteiger partial charge in [0.05, 0.1) is 11.1 Å². The van der Waals surface area contributed by atoms with Crippen molar-refractivity contribution in [3.05, 3.63) is 95.1 Å². The highest BCUT2D eigenvalue weighted by molar-refractivity contribution is 6.20. The number of fused-ring (bicyclic) bond motifs is 4. The molecule has 8 heteroatoms. The van der Waals surface area contributed by atoms with E-state index in [1.807, 2.05) is 55.5 Å². The molecule has 1 aliphatic heterocycles. The van der Waals surface area contributed by atoms with Crippen molar-refractivity contribution in [2.45, 2.75) is 31.7 Å². The average Bonchev–Trinajstić information content (AvgIpc) is 3.34. The van der Waals surface area contributed by atoms with Gasteiger partial charge in [-0.2, -0.15) is 0 Å². The van der Waals surface area contributed by atoms with Gasteiger partial charge in [0.25, 0.3) is 11.8 Å². The summed E-state index contributed by atoms with van der Waals surface area (Å²) >= 11 is 0. The second-order valence-electron chi connectivity index (χ2n) is 8.67. The number of imide groups is 1. The average molecular weight is 485 g/mol. The number of carbonyl (C=O) groups is 4. The topological polar surface area (TPSA) is 102 Å². The summed E-state index contributed by atoms with van der Waals surface area (Å²) in [7, 11) is 0. The van der Waals surface area contributed by atoms with E-state index in [1.165, 1.54) is 12.1 Å². The summed E-state index contributed by atoms with van der Waals surface area (Å²) in [4.78, 5) is 55.6. The number of ether oxygens (including phenoxy) is 1. The van der Waals surface area contributed by atoms with E-state index >= 15 is 0 Å². The van der Waals surface area contributed by atoms with Crippen LogP contribution in [0.25, 0.3) is 11.1 Å². The molecule has 0 fully saturated rings. The molecule has 182 valence electrons. The summed E-state index contributed by atoms with van der Waals surface area (Å²) < 4.78 is 5.52. The molecule has 5 rings (SSSR count). The molecule has 3 aromatic carbocycles. The lowest BCUT2D eigenvalue weighted by atomic mass is 9.98. The number of benzene rings is 3. The van der Waals surface area contributed by atoms with Crippen LogP contribution < -0.4 is 5.32 Å². The van der Waals surface area contributed by atoms with E-state index in [1.54, 1.807) is 12.1 Å². The van der Waals surface area contributed by atoms with E-state index in [9.17, 15) is 19.2 Å². The number of nitrogens with one attached hydrogen (secondary N) is 1. The van der Waals surface area contributed by atoms with Crippen molar-refractivity contribution < 1.29 is 28.8 Å². The van der Waals surface area contributed by atoms with Gasteiger partial charge < -0.3 is 14.9 Å². The van der Waals surface area contributed by atoms with E-state index in [0.717, 1.165) is 22.3 Å². The van der Waals surface area contributed by atoms with Gasteiger partial charge in [-0.1, -0.05) is 79.1 Å². The number of carbonyl (C=O) groups excluding carboxylic acids is 4. The van der Waals surface area contributed by atoms with E-state index in [2.05, 4.69) is 5.32 Å². The Morgan fingerprint density at radius 1 is 0.833 bits per heavy atom. The predicted octanol–water partition coefficient (Wildman–Crippen LogP) is 4.45. The maximum atomic E-state index is 12.8. The van der Waals surface area contributed by atoms with Crippen LogP contribution in [-0.4, -0.2) is 41.6 Å². The van der Waals surface area contributed by atoms with Gasteiger partial charge in [0.2, 0.25) is 0 Å². The van der Waals surface area contributed by atoms with Crippen LogP contribution in [0.4, 0.5) is 4.79 Å². The first-order valence-corrected chi connectivity index (χ1v) is 11.8. The van der Waals surface area contributed by atoms with Crippen molar-refractivity contribution in [2.75, 3.05) is 6.61 Å². The summed E-state index contributed by atoms with van der Waals surface area (Å²) in [5.41, 5.74) is 4.67. The number of nitrogens with zero attached hydrogens (tertiary/aromatic N) is 1. The Morgan fingerprint density at radius 2 is 1.33 bits per heavy atom. The van der Waals surface area contributed by atoms with Crippen LogP contribution in [0.2, 0.25) is 0 Å². The molecule has 1 atom stereocenters. The van der Waals surface area contributed by atoms with Gasteiger partial charge in [0.15, 0.2) is 0 Å². The van der Waals surface area contributed by atoms with Crippen LogP contribution >= 0.6 is 0 Å². The fraction of sp³-hybridized carbons (Fsp3) is 0.214. The van der Waals surface area contributed by atoms with Gasteiger partial charge in [-0.05, 0) is 40.8 Å². The summed E-state index contributed by atoms with van der Waals surface area (Å²) in [5, 5.41) is 2.97. The summed E-state index contributed by atoms with van der Waals surface area (Å²) in [6, 6.07) is 21.1. The summed E-state index contributed by atoms with van der Waals surface area (Å²) in [6.07, 6.45) is 0.00667. The van der Waals surface area contributed by atoms with Gasteiger partial charge >= 0.3 is 12.1 Å². The summed E-state index contributed by atoms with van der Waals surface area (Å²) in [5.74, 6) is -2.49. The zero-order valence-corrected chi connectivity index (χ0v) is 19.6. The van der Waals surface area contributed by atoms with Crippen molar-refractivity contribution in [1.29, 1.82) is 0 Å². The van der Waals surface area contributed by atoms with Gasteiger partial charge in [-0.3, -0.25) is 9.59 Å². The number of hydroxylamine groups is 2. The van der Waals surface area contributed by atoms with E-state index < -0.39 is 29.9 Å². The largest absolute Gasteiger partial charge is 0.449 e. The number of alkyl carbamates (subject to hydrolysis) is 1. The molecule has 0 spiro atoms. The molecule has 3 amide bonds. The maximum Gasteiger partial charge on any atom is 0.407 e. The number of rotatable bonds is 7. The van der Waals surface area contributed by atoms with Crippen LogP contribution in [0.15, 0.2) is 72.8 Å². The first-order chi connectivity index (χ1) is 17.5. The molecule has 1 aliphatic carbocycles. The fourth-order valence-electron chi connectivity index (χ4n) is 4.72. The van der Waals surface area contributed by atoms with Crippen molar-refractivity contribution in [2.24, 2.45) is 0 Å². The minimum atomic E-state index is -1.09. The molecule has 0 aromatic heterocycles. The van der Waals surface area contributed by atoms with Crippen LogP contribution in [-0.2, 0) is 14.4 Å².